The number of hydrogen-bond acceptors (Lipinski definition) is 6. The number of hydrogen-bond donors (Lipinski definition) is 0. The number of aromatic nitrogens is 2. The number of carboxylic acids is 1. The lowest BCUT2D eigenvalue weighted by Crippen LogP contribution is -2.43. The Kier molecular flexibility index (Phi) is 4.47. The second kappa shape index (κ2) is 6.72. The van der Waals surface area contributed by atoms with Crippen LogP contribution in [0.15, 0.2) is 39.9 Å². The van der Waals surface area contributed by atoms with Crippen LogP contribution in [0.3, 0.4) is 0 Å². The van der Waals surface area contributed by atoms with Crippen molar-refractivity contribution in [3.8, 4) is 0 Å². The van der Waals surface area contributed by atoms with E-state index in [1.165, 1.54) is 11.3 Å². The summed E-state index contributed by atoms with van der Waals surface area (Å²) in [5, 5.41) is 11.3. The van der Waals surface area contributed by atoms with E-state index in [-0.39, 0.29) is 18.8 Å². The second-order valence-corrected chi connectivity index (χ2v) is 8.63. The summed E-state index contributed by atoms with van der Waals surface area (Å²) in [5.41, 5.74) is 0.426. The molecule has 1 aliphatic rings. The number of carboxylic acid groups (broad SMARTS) is 1. The van der Waals surface area contributed by atoms with E-state index < -0.39 is 23.8 Å². The molecule has 28 heavy (non-hydrogen) atoms. The van der Waals surface area contributed by atoms with Crippen molar-refractivity contribution < 1.29 is 14.6 Å². The van der Waals surface area contributed by atoms with Crippen LogP contribution in [0.1, 0.15) is 29.9 Å². The lowest BCUT2D eigenvalue weighted by atomic mass is 9.98. The van der Waals surface area contributed by atoms with Crippen molar-refractivity contribution >= 4 is 27.5 Å². The molecule has 0 amide bonds. The molecule has 7 nitrogen and oxygen atoms in total. The van der Waals surface area contributed by atoms with Gasteiger partial charge in [-0.1, -0.05) is 30.3 Å². The first kappa shape index (κ1) is 18.6. The monoisotopic (exact) mass is 399 g/mol. The van der Waals surface area contributed by atoms with Crippen molar-refractivity contribution in [2.45, 2.75) is 45.6 Å². The zero-order valence-electron chi connectivity index (χ0n) is 15.6. The van der Waals surface area contributed by atoms with Crippen LogP contribution in [-0.4, -0.2) is 20.7 Å². The second-order valence-electron chi connectivity index (χ2n) is 7.52. The van der Waals surface area contributed by atoms with Gasteiger partial charge in [0.2, 0.25) is 0 Å². The summed E-state index contributed by atoms with van der Waals surface area (Å²) in [7, 11) is 0. The Bertz CT molecular complexity index is 1190. The number of rotatable bonds is 4. The number of ether oxygens (including phenoxy) is 1. The maximum atomic E-state index is 13.1. The van der Waals surface area contributed by atoms with Crippen LogP contribution in [0.4, 0.5) is 0 Å². The molecular weight excluding hydrogens is 380 g/mol. The van der Waals surface area contributed by atoms with Crippen molar-refractivity contribution in [2.24, 2.45) is 0 Å². The zero-order valence-corrected chi connectivity index (χ0v) is 16.4. The molecule has 0 fully saturated rings. The average molecular weight is 399 g/mol. The molecule has 0 radical (unpaired) electrons. The number of nitrogens with zero attached hydrogens (tertiary/aromatic N) is 2. The van der Waals surface area contributed by atoms with E-state index in [4.69, 9.17) is 4.74 Å². The number of carbonyl (C=O) groups is 1. The van der Waals surface area contributed by atoms with Crippen LogP contribution in [0.25, 0.3) is 10.2 Å². The smallest absolute Gasteiger partial charge is 0.332 e. The molecule has 0 bridgehead atoms. The molecule has 0 saturated carbocycles. The Hall–Kier alpha value is -2.71. The molecule has 1 aliphatic heterocycles. The van der Waals surface area contributed by atoms with E-state index in [0.29, 0.717) is 16.6 Å². The van der Waals surface area contributed by atoms with Gasteiger partial charge in [0.05, 0.1) is 36.8 Å². The molecule has 4 rings (SSSR count). The summed E-state index contributed by atoms with van der Waals surface area (Å²) in [5.74, 6) is -1.38. The fourth-order valence-electron chi connectivity index (χ4n) is 3.56. The summed E-state index contributed by atoms with van der Waals surface area (Å²) in [4.78, 5) is 38.5. The summed E-state index contributed by atoms with van der Waals surface area (Å²) >= 11 is 1.32. The molecule has 3 heterocycles. The van der Waals surface area contributed by atoms with Gasteiger partial charge in [0.15, 0.2) is 0 Å². The Balaban J connectivity index is 1.99. The van der Waals surface area contributed by atoms with Crippen LogP contribution in [0.2, 0.25) is 0 Å². The van der Waals surface area contributed by atoms with Gasteiger partial charge in [-0.2, -0.15) is 0 Å². The van der Waals surface area contributed by atoms with Gasteiger partial charge in [-0.3, -0.25) is 13.9 Å². The number of fused-ring (bicyclic) bond motifs is 3. The predicted octanol–water partition coefficient (Wildman–Crippen LogP) is 0.874. The summed E-state index contributed by atoms with van der Waals surface area (Å²) < 4.78 is 8.44. The van der Waals surface area contributed by atoms with Crippen molar-refractivity contribution in [3.63, 3.8) is 0 Å². The maximum Gasteiger partial charge on any atom is 0.332 e. The zero-order chi connectivity index (χ0) is 20.1. The van der Waals surface area contributed by atoms with Gasteiger partial charge in [0.1, 0.15) is 4.70 Å². The normalized spacial score (nSPS) is 15.5. The lowest BCUT2D eigenvalue weighted by Gasteiger charge is -2.30. The molecule has 0 aliphatic carbocycles. The van der Waals surface area contributed by atoms with Crippen molar-refractivity contribution in [1.29, 1.82) is 0 Å². The van der Waals surface area contributed by atoms with E-state index in [1.807, 2.05) is 44.2 Å². The fraction of sp³-hybridized carbons (Fsp3) is 0.350. The third kappa shape index (κ3) is 3.18. The fourth-order valence-corrected chi connectivity index (χ4v) is 5.03. The Labute approximate surface area is 164 Å². The minimum absolute atomic E-state index is 0.0755. The highest BCUT2D eigenvalue weighted by Crippen LogP contribution is 2.37. The Morgan fingerprint density at radius 3 is 2.61 bits per heavy atom. The average Bonchev–Trinajstić information content (AvgIpc) is 3.00. The lowest BCUT2D eigenvalue weighted by molar-refractivity contribution is -0.306. The highest BCUT2D eigenvalue weighted by atomic mass is 32.1. The van der Waals surface area contributed by atoms with Gasteiger partial charge in [0.25, 0.3) is 5.56 Å². The topological polar surface area (TPSA) is 93.4 Å². The summed E-state index contributed by atoms with van der Waals surface area (Å²) in [6, 6.07) is 9.12. The first-order chi connectivity index (χ1) is 13.3. The quantitative estimate of drug-likeness (QED) is 0.649. The van der Waals surface area contributed by atoms with Crippen LogP contribution >= 0.6 is 11.3 Å². The molecule has 1 aromatic carbocycles. The predicted molar refractivity (Wildman–Crippen MR) is 103 cm³/mol. The largest absolute Gasteiger partial charge is 0.548 e. The number of carbonyl (C=O) groups excluding carboxylic acids is 1. The molecule has 0 spiro atoms. The molecule has 0 saturated heterocycles. The minimum Gasteiger partial charge on any atom is -0.548 e. The highest BCUT2D eigenvalue weighted by molar-refractivity contribution is 7.19. The van der Waals surface area contributed by atoms with Crippen LogP contribution < -0.4 is 16.4 Å². The van der Waals surface area contributed by atoms with Crippen LogP contribution in [0.5, 0.6) is 0 Å². The van der Waals surface area contributed by atoms with E-state index in [0.717, 1.165) is 25.1 Å². The van der Waals surface area contributed by atoms with Crippen molar-refractivity contribution in [3.05, 3.63) is 67.2 Å². The summed E-state index contributed by atoms with van der Waals surface area (Å²) in [6.45, 7) is 3.62. The van der Waals surface area contributed by atoms with Gasteiger partial charge < -0.3 is 14.6 Å². The van der Waals surface area contributed by atoms with Crippen LogP contribution in [0, 0.1) is 0 Å². The molecule has 0 unspecified atom stereocenters. The Morgan fingerprint density at radius 2 is 1.93 bits per heavy atom. The van der Waals surface area contributed by atoms with Crippen molar-refractivity contribution in [2.75, 3.05) is 0 Å². The third-order valence-electron chi connectivity index (χ3n) is 4.90. The standard InChI is InChI=1S/C20H20N2O5S/c1-20(2)8-14-13(11-27-20)16-17(28-14)18(25)22(9-12-6-4-3-5-7-12)19(26)21(16)10-15(23)24/h3-7H,8-11H2,1-2H3,(H,23,24)/p-1. The Morgan fingerprint density at radius 1 is 1.21 bits per heavy atom. The molecule has 8 heteroatoms. The van der Waals surface area contributed by atoms with E-state index in [2.05, 4.69) is 0 Å². The molecule has 0 N–H and O–H groups in total. The minimum atomic E-state index is -1.38. The first-order valence-electron chi connectivity index (χ1n) is 8.92. The van der Waals surface area contributed by atoms with Gasteiger partial charge in [0, 0.05) is 16.9 Å². The number of benzene rings is 1. The molecule has 146 valence electrons. The van der Waals surface area contributed by atoms with Crippen molar-refractivity contribution in [1.82, 2.24) is 9.13 Å². The summed E-state index contributed by atoms with van der Waals surface area (Å²) in [6.07, 6.45) is 0.597. The van der Waals surface area contributed by atoms with Gasteiger partial charge in [-0.25, -0.2) is 4.79 Å². The molecule has 3 aromatic rings. The molecular formula is C20H19N2O5S-. The number of thiophene rings is 1. The SMILES string of the molecule is CC1(C)Cc2sc3c(=O)n(Cc4ccccc4)c(=O)n(CC(=O)[O-])c3c2CO1. The van der Waals surface area contributed by atoms with Gasteiger partial charge in [-0.05, 0) is 19.4 Å². The molecule has 2 aromatic heterocycles. The third-order valence-corrected chi connectivity index (χ3v) is 6.11. The van der Waals surface area contributed by atoms with E-state index in [9.17, 15) is 19.5 Å². The number of aliphatic carboxylic acids is 1. The highest BCUT2D eigenvalue weighted by Gasteiger charge is 2.31. The van der Waals surface area contributed by atoms with Crippen LogP contribution in [-0.2, 0) is 35.6 Å². The van der Waals surface area contributed by atoms with E-state index in [1.54, 1.807) is 0 Å². The maximum absolute atomic E-state index is 13.1. The van der Waals surface area contributed by atoms with Gasteiger partial charge in [-0.15, -0.1) is 11.3 Å². The van der Waals surface area contributed by atoms with Gasteiger partial charge >= 0.3 is 5.69 Å². The first-order valence-corrected chi connectivity index (χ1v) is 9.74. The van der Waals surface area contributed by atoms with E-state index >= 15 is 0 Å². The molecule has 0 atom stereocenters.